The lowest BCUT2D eigenvalue weighted by molar-refractivity contribution is 0.238. The number of aliphatic hydroxyl groups is 1. The first-order valence-corrected chi connectivity index (χ1v) is 4.95. The van der Waals surface area contributed by atoms with Crippen molar-refractivity contribution in [3.8, 4) is 0 Å². The molecule has 0 amide bonds. The number of hydrogen-bond donors (Lipinski definition) is 1. The summed E-state index contributed by atoms with van der Waals surface area (Å²) in [4.78, 5) is 2.17. The van der Waals surface area contributed by atoms with Crippen LogP contribution in [0.4, 0.5) is 5.82 Å². The summed E-state index contributed by atoms with van der Waals surface area (Å²) < 4.78 is 0. The molecule has 1 aliphatic heterocycles. The van der Waals surface area contributed by atoms with Gasteiger partial charge in [-0.1, -0.05) is 0 Å². The summed E-state index contributed by atoms with van der Waals surface area (Å²) in [6.07, 6.45) is 1.05. The molecule has 1 atom stereocenters. The molecule has 14 heavy (non-hydrogen) atoms. The normalized spacial score (nSPS) is 21.6. The van der Waals surface area contributed by atoms with E-state index < -0.39 is 0 Å². The number of aromatic nitrogens is 2. The zero-order valence-electron chi connectivity index (χ0n) is 8.35. The lowest BCUT2D eigenvalue weighted by atomic mass is 10.1. The van der Waals surface area contributed by atoms with Gasteiger partial charge in [0, 0.05) is 25.6 Å². The lowest BCUT2D eigenvalue weighted by Crippen LogP contribution is -2.21. The van der Waals surface area contributed by atoms with Crippen LogP contribution in [-0.2, 0) is 0 Å². The lowest BCUT2D eigenvalue weighted by Gasteiger charge is -2.15. The molecule has 76 valence electrons. The topological polar surface area (TPSA) is 49.2 Å². The summed E-state index contributed by atoms with van der Waals surface area (Å²) in [5, 5.41) is 17.2. The molecule has 0 unspecified atom stereocenters. The minimum absolute atomic E-state index is 0.274. The van der Waals surface area contributed by atoms with Crippen LogP contribution in [0.5, 0.6) is 0 Å². The Morgan fingerprint density at radius 3 is 2.93 bits per heavy atom. The molecule has 4 nitrogen and oxygen atoms in total. The zero-order valence-corrected chi connectivity index (χ0v) is 8.35. The first kappa shape index (κ1) is 9.40. The molecule has 1 aromatic rings. The SMILES string of the molecule is Cc1ccc(N2CC[C@H](CO)C2)nn1. The molecule has 0 aliphatic carbocycles. The molecule has 0 radical (unpaired) electrons. The quantitative estimate of drug-likeness (QED) is 0.747. The van der Waals surface area contributed by atoms with Gasteiger partial charge in [0.05, 0.1) is 5.69 Å². The van der Waals surface area contributed by atoms with Gasteiger partial charge in [-0.05, 0) is 25.5 Å². The van der Waals surface area contributed by atoms with Gasteiger partial charge in [0.2, 0.25) is 0 Å². The van der Waals surface area contributed by atoms with Crippen LogP contribution in [-0.4, -0.2) is 35.0 Å². The first-order chi connectivity index (χ1) is 6.79. The Hall–Kier alpha value is -1.16. The van der Waals surface area contributed by atoms with Crippen LogP contribution in [0.1, 0.15) is 12.1 Å². The summed E-state index contributed by atoms with van der Waals surface area (Å²) in [5.41, 5.74) is 0.937. The average Bonchev–Trinajstić information content (AvgIpc) is 2.67. The molecular formula is C10H15N3O. The van der Waals surface area contributed by atoms with Crippen molar-refractivity contribution >= 4 is 5.82 Å². The van der Waals surface area contributed by atoms with Crippen molar-refractivity contribution in [1.82, 2.24) is 10.2 Å². The second-order valence-electron chi connectivity index (χ2n) is 3.82. The Labute approximate surface area is 83.6 Å². The fraction of sp³-hybridized carbons (Fsp3) is 0.600. The van der Waals surface area contributed by atoms with Crippen molar-refractivity contribution < 1.29 is 5.11 Å². The molecule has 2 rings (SSSR count). The second kappa shape index (κ2) is 3.92. The molecule has 4 heteroatoms. The fourth-order valence-corrected chi connectivity index (χ4v) is 1.75. The number of nitrogens with zero attached hydrogens (tertiary/aromatic N) is 3. The van der Waals surface area contributed by atoms with Gasteiger partial charge in [0.25, 0.3) is 0 Å². The Morgan fingerprint density at radius 2 is 2.36 bits per heavy atom. The standard InChI is InChI=1S/C10H15N3O/c1-8-2-3-10(12-11-8)13-5-4-9(6-13)7-14/h2-3,9,14H,4-7H2,1H3/t9-/m0/s1. The van der Waals surface area contributed by atoms with Gasteiger partial charge in [0.1, 0.15) is 0 Å². The maximum absolute atomic E-state index is 9.01. The number of aliphatic hydroxyl groups excluding tert-OH is 1. The second-order valence-corrected chi connectivity index (χ2v) is 3.82. The van der Waals surface area contributed by atoms with Crippen LogP contribution in [0.25, 0.3) is 0 Å². The predicted octanol–water partition coefficient (Wildman–Crippen LogP) is 0.604. The van der Waals surface area contributed by atoms with E-state index in [1.165, 1.54) is 0 Å². The van der Waals surface area contributed by atoms with E-state index in [1.807, 2.05) is 19.1 Å². The van der Waals surface area contributed by atoms with E-state index in [1.54, 1.807) is 0 Å². The van der Waals surface area contributed by atoms with Crippen LogP contribution < -0.4 is 4.90 Å². The van der Waals surface area contributed by atoms with Crippen LogP contribution in [0.3, 0.4) is 0 Å². The third kappa shape index (κ3) is 1.85. The van der Waals surface area contributed by atoms with Gasteiger partial charge < -0.3 is 10.0 Å². The van der Waals surface area contributed by atoms with Gasteiger partial charge in [-0.15, -0.1) is 5.10 Å². The monoisotopic (exact) mass is 193 g/mol. The zero-order chi connectivity index (χ0) is 9.97. The minimum atomic E-state index is 0.274. The van der Waals surface area contributed by atoms with Gasteiger partial charge in [-0.25, -0.2) is 0 Å². The van der Waals surface area contributed by atoms with E-state index in [2.05, 4.69) is 15.1 Å². The fourth-order valence-electron chi connectivity index (χ4n) is 1.75. The van der Waals surface area contributed by atoms with Crippen LogP contribution >= 0.6 is 0 Å². The highest BCUT2D eigenvalue weighted by Gasteiger charge is 2.22. The van der Waals surface area contributed by atoms with Crippen molar-refractivity contribution in [2.75, 3.05) is 24.6 Å². The molecule has 1 aliphatic rings. The number of aryl methyl sites for hydroxylation is 1. The molecule has 2 heterocycles. The molecule has 0 aromatic carbocycles. The maximum Gasteiger partial charge on any atom is 0.151 e. The van der Waals surface area contributed by atoms with Crippen LogP contribution in [0, 0.1) is 12.8 Å². The van der Waals surface area contributed by atoms with Crippen molar-refractivity contribution in [1.29, 1.82) is 0 Å². The summed E-state index contributed by atoms with van der Waals surface area (Å²) in [5.74, 6) is 1.32. The van der Waals surface area contributed by atoms with Gasteiger partial charge in [-0.2, -0.15) is 5.10 Å². The summed E-state index contributed by atoms with van der Waals surface area (Å²) >= 11 is 0. The molecule has 1 fully saturated rings. The molecule has 1 aromatic heterocycles. The highest BCUT2D eigenvalue weighted by Crippen LogP contribution is 2.20. The Balaban J connectivity index is 2.06. The first-order valence-electron chi connectivity index (χ1n) is 4.95. The molecule has 1 N–H and O–H groups in total. The molecule has 0 bridgehead atoms. The molecular weight excluding hydrogens is 178 g/mol. The van der Waals surface area contributed by atoms with Gasteiger partial charge in [0.15, 0.2) is 5.82 Å². The van der Waals surface area contributed by atoms with E-state index in [9.17, 15) is 0 Å². The van der Waals surface area contributed by atoms with Gasteiger partial charge in [-0.3, -0.25) is 0 Å². The number of hydrogen-bond acceptors (Lipinski definition) is 4. The summed E-state index contributed by atoms with van der Waals surface area (Å²) in [7, 11) is 0. The van der Waals surface area contributed by atoms with Crippen molar-refractivity contribution in [3.63, 3.8) is 0 Å². The van der Waals surface area contributed by atoms with E-state index >= 15 is 0 Å². The maximum atomic E-state index is 9.01. The van der Waals surface area contributed by atoms with Crippen LogP contribution in [0.2, 0.25) is 0 Å². The summed E-state index contributed by atoms with van der Waals surface area (Å²) in [6, 6.07) is 3.96. The highest BCUT2D eigenvalue weighted by atomic mass is 16.3. The largest absolute Gasteiger partial charge is 0.396 e. The van der Waals surface area contributed by atoms with E-state index in [0.29, 0.717) is 5.92 Å². The predicted molar refractivity (Wildman–Crippen MR) is 54.2 cm³/mol. The third-order valence-electron chi connectivity index (χ3n) is 2.65. The van der Waals surface area contributed by atoms with E-state index in [-0.39, 0.29) is 6.61 Å². The third-order valence-corrected chi connectivity index (χ3v) is 2.65. The highest BCUT2D eigenvalue weighted by molar-refractivity contribution is 5.38. The number of anilines is 1. The molecule has 0 saturated carbocycles. The summed E-state index contributed by atoms with van der Waals surface area (Å²) in [6.45, 7) is 4.07. The minimum Gasteiger partial charge on any atom is -0.396 e. The Morgan fingerprint density at radius 1 is 1.50 bits per heavy atom. The Kier molecular flexibility index (Phi) is 2.63. The van der Waals surface area contributed by atoms with Crippen molar-refractivity contribution in [3.05, 3.63) is 17.8 Å². The average molecular weight is 193 g/mol. The van der Waals surface area contributed by atoms with Crippen molar-refractivity contribution in [2.45, 2.75) is 13.3 Å². The van der Waals surface area contributed by atoms with E-state index in [4.69, 9.17) is 5.11 Å². The van der Waals surface area contributed by atoms with Crippen molar-refractivity contribution in [2.24, 2.45) is 5.92 Å². The van der Waals surface area contributed by atoms with Gasteiger partial charge >= 0.3 is 0 Å². The Bertz CT molecular complexity index is 299. The molecule has 1 saturated heterocycles. The smallest absolute Gasteiger partial charge is 0.151 e. The molecule has 0 spiro atoms. The number of rotatable bonds is 2. The van der Waals surface area contributed by atoms with Crippen LogP contribution in [0.15, 0.2) is 12.1 Å². The van der Waals surface area contributed by atoms with E-state index in [0.717, 1.165) is 31.0 Å².